The number of carbonyl (C=O) groups excluding carboxylic acids is 1. The first-order chi connectivity index (χ1) is 8.11. The molecule has 5 nitrogen and oxygen atoms in total. The van der Waals surface area contributed by atoms with Crippen LogP contribution in [0.2, 0.25) is 0 Å². The van der Waals surface area contributed by atoms with Gasteiger partial charge in [0.25, 0.3) is 0 Å². The summed E-state index contributed by atoms with van der Waals surface area (Å²) < 4.78 is 4.75. The average molecular weight is 243 g/mol. The third kappa shape index (κ3) is 3.43. The van der Waals surface area contributed by atoms with Crippen LogP contribution in [0.15, 0.2) is 0 Å². The van der Waals surface area contributed by atoms with E-state index >= 15 is 0 Å². The molecule has 2 atom stereocenters. The van der Waals surface area contributed by atoms with Crippen LogP contribution in [-0.2, 0) is 14.3 Å². The van der Waals surface area contributed by atoms with Crippen LogP contribution < -0.4 is 0 Å². The molecule has 1 fully saturated rings. The maximum absolute atomic E-state index is 11.7. The van der Waals surface area contributed by atoms with Crippen LogP contribution in [-0.4, -0.2) is 47.7 Å². The molecule has 0 amide bonds. The molecule has 1 N–H and O–H groups in total. The van der Waals surface area contributed by atoms with Crippen LogP contribution in [0.1, 0.15) is 39.0 Å². The maximum Gasteiger partial charge on any atom is 0.323 e. The summed E-state index contributed by atoms with van der Waals surface area (Å²) in [5, 5.41) is 9.24. The molecule has 0 bridgehead atoms. The van der Waals surface area contributed by atoms with Gasteiger partial charge in [-0.05, 0) is 25.8 Å². The molecule has 0 aromatic heterocycles. The highest BCUT2D eigenvalue weighted by Gasteiger charge is 2.36. The van der Waals surface area contributed by atoms with Crippen molar-refractivity contribution < 1.29 is 19.4 Å². The van der Waals surface area contributed by atoms with E-state index in [-0.39, 0.29) is 12.0 Å². The molecule has 0 aromatic rings. The highest BCUT2D eigenvalue weighted by molar-refractivity contribution is 5.78. The molecular formula is C12H21NO4. The fourth-order valence-corrected chi connectivity index (χ4v) is 2.42. The van der Waals surface area contributed by atoms with Gasteiger partial charge in [-0.3, -0.25) is 14.5 Å². The van der Waals surface area contributed by atoms with Gasteiger partial charge < -0.3 is 9.84 Å². The molecule has 2 unspecified atom stereocenters. The summed E-state index contributed by atoms with van der Waals surface area (Å²) in [5.74, 6) is -1.16. The Morgan fingerprint density at radius 2 is 2.18 bits per heavy atom. The molecule has 0 aliphatic carbocycles. The summed E-state index contributed by atoms with van der Waals surface area (Å²) in [7, 11) is 1.35. The molecule has 98 valence electrons. The molecule has 1 aliphatic rings. The lowest BCUT2D eigenvalue weighted by Crippen LogP contribution is -2.53. The molecule has 1 aliphatic heterocycles. The van der Waals surface area contributed by atoms with Crippen LogP contribution >= 0.6 is 0 Å². The van der Waals surface area contributed by atoms with E-state index in [0.29, 0.717) is 19.4 Å². The van der Waals surface area contributed by atoms with Crippen molar-refractivity contribution in [3.63, 3.8) is 0 Å². The summed E-state index contributed by atoms with van der Waals surface area (Å²) in [6, 6.07) is -0.953. The number of carboxylic acids is 1. The fourth-order valence-electron chi connectivity index (χ4n) is 2.42. The van der Waals surface area contributed by atoms with Gasteiger partial charge in [0.2, 0.25) is 0 Å². The lowest BCUT2D eigenvalue weighted by Gasteiger charge is -2.37. The van der Waals surface area contributed by atoms with Crippen molar-refractivity contribution >= 4 is 11.9 Å². The number of aliphatic carboxylic acids is 1. The van der Waals surface area contributed by atoms with E-state index < -0.39 is 12.0 Å². The summed E-state index contributed by atoms with van der Waals surface area (Å²) in [6.45, 7) is 2.61. The minimum Gasteiger partial charge on any atom is -0.480 e. The summed E-state index contributed by atoms with van der Waals surface area (Å²) in [4.78, 5) is 24.7. The highest BCUT2D eigenvalue weighted by Crippen LogP contribution is 2.22. The number of nitrogens with zero attached hydrogens (tertiary/aromatic N) is 1. The number of likely N-dealkylation sites (tertiary alicyclic amines) is 1. The van der Waals surface area contributed by atoms with E-state index in [9.17, 15) is 14.7 Å². The SMILES string of the molecule is CCCC(C(=O)O)N1CCCCC1C(=O)OC. The third-order valence-corrected chi connectivity index (χ3v) is 3.26. The van der Waals surface area contributed by atoms with Crippen molar-refractivity contribution in [2.75, 3.05) is 13.7 Å². The number of carbonyl (C=O) groups is 2. The van der Waals surface area contributed by atoms with Gasteiger partial charge in [-0.15, -0.1) is 0 Å². The van der Waals surface area contributed by atoms with Crippen molar-refractivity contribution in [1.29, 1.82) is 0 Å². The smallest absolute Gasteiger partial charge is 0.323 e. The molecule has 1 saturated heterocycles. The lowest BCUT2D eigenvalue weighted by molar-refractivity contribution is -0.154. The normalized spacial score (nSPS) is 23.1. The second kappa shape index (κ2) is 6.59. The van der Waals surface area contributed by atoms with Crippen LogP contribution in [0.4, 0.5) is 0 Å². The zero-order valence-electron chi connectivity index (χ0n) is 10.5. The Labute approximate surface area is 102 Å². The predicted molar refractivity (Wildman–Crippen MR) is 62.7 cm³/mol. The summed E-state index contributed by atoms with van der Waals surface area (Å²) in [5.41, 5.74) is 0. The Hall–Kier alpha value is -1.10. The Morgan fingerprint density at radius 1 is 1.47 bits per heavy atom. The van der Waals surface area contributed by atoms with Crippen molar-refractivity contribution in [1.82, 2.24) is 4.90 Å². The van der Waals surface area contributed by atoms with E-state index in [0.717, 1.165) is 19.3 Å². The molecule has 0 spiro atoms. The quantitative estimate of drug-likeness (QED) is 0.736. The second-order valence-corrected chi connectivity index (χ2v) is 4.42. The van der Waals surface area contributed by atoms with Crippen LogP contribution in [0.25, 0.3) is 0 Å². The fraction of sp³-hybridized carbons (Fsp3) is 0.833. The molecule has 1 rings (SSSR count). The molecule has 0 saturated carbocycles. The minimum atomic E-state index is -0.845. The van der Waals surface area contributed by atoms with E-state index in [1.807, 2.05) is 6.92 Å². The van der Waals surface area contributed by atoms with Crippen molar-refractivity contribution in [3.05, 3.63) is 0 Å². The molecular weight excluding hydrogens is 222 g/mol. The van der Waals surface area contributed by atoms with Gasteiger partial charge in [0, 0.05) is 0 Å². The van der Waals surface area contributed by atoms with E-state index in [4.69, 9.17) is 4.74 Å². The largest absolute Gasteiger partial charge is 0.480 e. The van der Waals surface area contributed by atoms with Gasteiger partial charge in [0.05, 0.1) is 7.11 Å². The molecule has 0 aromatic carbocycles. The average Bonchev–Trinajstić information content (AvgIpc) is 2.34. The Morgan fingerprint density at radius 3 is 2.71 bits per heavy atom. The van der Waals surface area contributed by atoms with Crippen molar-refractivity contribution in [2.45, 2.75) is 51.1 Å². The number of esters is 1. The Balaban J connectivity index is 2.80. The summed E-state index contributed by atoms with van der Waals surface area (Å²) in [6.07, 6.45) is 3.96. The zero-order valence-corrected chi connectivity index (χ0v) is 10.5. The number of carboxylic acid groups (broad SMARTS) is 1. The number of hydrogen-bond donors (Lipinski definition) is 1. The van der Waals surface area contributed by atoms with Crippen LogP contribution in [0.5, 0.6) is 0 Å². The first-order valence-electron chi connectivity index (χ1n) is 6.18. The topological polar surface area (TPSA) is 66.8 Å². The molecule has 17 heavy (non-hydrogen) atoms. The standard InChI is InChI=1S/C12H21NO4/c1-3-6-9(11(14)15)13-8-5-4-7-10(13)12(16)17-2/h9-10H,3-8H2,1-2H3,(H,14,15). The zero-order chi connectivity index (χ0) is 12.8. The van der Waals surface area contributed by atoms with E-state index in [1.54, 1.807) is 4.90 Å². The Bertz CT molecular complexity index is 276. The number of ether oxygens (including phenoxy) is 1. The first-order valence-corrected chi connectivity index (χ1v) is 6.18. The van der Waals surface area contributed by atoms with Gasteiger partial charge >= 0.3 is 11.9 Å². The minimum absolute atomic E-state index is 0.313. The summed E-state index contributed by atoms with van der Waals surface area (Å²) >= 11 is 0. The first kappa shape index (κ1) is 14.0. The molecule has 5 heteroatoms. The van der Waals surface area contributed by atoms with Gasteiger partial charge in [0.1, 0.15) is 12.1 Å². The highest BCUT2D eigenvalue weighted by atomic mass is 16.5. The van der Waals surface area contributed by atoms with Crippen molar-refractivity contribution in [2.24, 2.45) is 0 Å². The predicted octanol–water partition coefficient (Wildman–Crippen LogP) is 1.27. The third-order valence-electron chi connectivity index (χ3n) is 3.26. The molecule has 0 radical (unpaired) electrons. The number of methoxy groups -OCH3 is 1. The number of piperidine rings is 1. The van der Waals surface area contributed by atoms with Gasteiger partial charge in [0.15, 0.2) is 0 Å². The number of rotatable bonds is 5. The van der Waals surface area contributed by atoms with E-state index in [2.05, 4.69) is 0 Å². The monoisotopic (exact) mass is 243 g/mol. The van der Waals surface area contributed by atoms with E-state index in [1.165, 1.54) is 7.11 Å². The lowest BCUT2D eigenvalue weighted by atomic mass is 9.98. The molecule has 1 heterocycles. The maximum atomic E-state index is 11.7. The van der Waals surface area contributed by atoms with Crippen LogP contribution in [0, 0.1) is 0 Å². The van der Waals surface area contributed by atoms with Crippen LogP contribution in [0.3, 0.4) is 0 Å². The van der Waals surface area contributed by atoms with Gasteiger partial charge in [-0.1, -0.05) is 19.8 Å². The van der Waals surface area contributed by atoms with Gasteiger partial charge in [-0.2, -0.15) is 0 Å². The Kier molecular flexibility index (Phi) is 5.41. The second-order valence-electron chi connectivity index (χ2n) is 4.42. The van der Waals surface area contributed by atoms with Crippen molar-refractivity contribution in [3.8, 4) is 0 Å². The number of hydrogen-bond acceptors (Lipinski definition) is 4. The van der Waals surface area contributed by atoms with Gasteiger partial charge in [-0.25, -0.2) is 0 Å².